The number of rotatable bonds is 11. The Balaban J connectivity index is 1.86. The summed E-state index contributed by atoms with van der Waals surface area (Å²) in [6.07, 6.45) is 1.09. The normalized spacial score (nSPS) is 11.1. The molecule has 2 aromatic rings. The highest BCUT2D eigenvalue weighted by Gasteiger charge is 2.21. The van der Waals surface area contributed by atoms with Crippen LogP contribution in [0.5, 0.6) is 5.75 Å². The van der Waals surface area contributed by atoms with E-state index in [9.17, 15) is 13.2 Å². The first-order valence-electron chi connectivity index (χ1n) is 8.99. The molecule has 8 heteroatoms. The van der Waals surface area contributed by atoms with Gasteiger partial charge in [-0.25, -0.2) is 8.42 Å². The Bertz CT molecular complexity index is 858. The molecule has 0 heterocycles. The smallest absolute Gasteiger partial charge is 0.240 e. The van der Waals surface area contributed by atoms with Crippen LogP contribution >= 0.6 is 11.8 Å². The molecule has 152 valence electrons. The van der Waals surface area contributed by atoms with Crippen LogP contribution in [-0.2, 0) is 20.6 Å². The van der Waals surface area contributed by atoms with E-state index in [1.807, 2.05) is 25.1 Å². The van der Waals surface area contributed by atoms with Crippen LogP contribution in [0, 0.1) is 0 Å². The van der Waals surface area contributed by atoms with Crippen LogP contribution in [0.2, 0.25) is 0 Å². The number of sulfonamides is 1. The molecule has 0 aliphatic heterocycles. The molecule has 2 rings (SSSR count). The number of nitrogens with zero attached hydrogens (tertiary/aromatic N) is 1. The number of benzene rings is 2. The minimum absolute atomic E-state index is 0.266. The zero-order chi connectivity index (χ0) is 20.4. The molecule has 0 saturated heterocycles. The van der Waals surface area contributed by atoms with Gasteiger partial charge in [-0.1, -0.05) is 36.4 Å². The lowest BCUT2D eigenvalue weighted by atomic mass is 10.2. The number of ether oxygens (including phenoxy) is 1. The molecule has 2 aromatic carbocycles. The first-order valence-corrected chi connectivity index (χ1v) is 12.0. The number of anilines is 1. The van der Waals surface area contributed by atoms with Crippen molar-refractivity contribution in [2.75, 3.05) is 36.0 Å². The highest BCUT2D eigenvalue weighted by Crippen LogP contribution is 2.23. The van der Waals surface area contributed by atoms with Crippen molar-refractivity contribution in [3.05, 3.63) is 60.2 Å². The van der Waals surface area contributed by atoms with Gasteiger partial charge in [0.25, 0.3) is 0 Å². The van der Waals surface area contributed by atoms with E-state index in [1.165, 1.54) is 5.56 Å². The quantitative estimate of drug-likeness (QED) is 0.564. The van der Waals surface area contributed by atoms with E-state index >= 15 is 0 Å². The van der Waals surface area contributed by atoms with Crippen molar-refractivity contribution in [3.63, 3.8) is 0 Å². The van der Waals surface area contributed by atoms with Crippen molar-refractivity contribution in [3.8, 4) is 5.75 Å². The lowest BCUT2D eigenvalue weighted by molar-refractivity contribution is -0.119. The summed E-state index contributed by atoms with van der Waals surface area (Å²) in [6, 6.07) is 16.8. The van der Waals surface area contributed by atoms with Crippen molar-refractivity contribution >= 4 is 33.4 Å². The second kappa shape index (κ2) is 11.0. The monoisotopic (exact) mass is 422 g/mol. The molecule has 0 bridgehead atoms. The van der Waals surface area contributed by atoms with Crippen molar-refractivity contribution < 1.29 is 17.9 Å². The molecular weight excluding hydrogens is 396 g/mol. The number of hydrogen-bond donors (Lipinski definition) is 1. The number of nitrogens with one attached hydrogen (secondary N) is 1. The van der Waals surface area contributed by atoms with Crippen LogP contribution in [0.1, 0.15) is 12.5 Å². The SMILES string of the molecule is CCOc1cccc(N(CC(=O)NCCSCc2ccccc2)S(C)(=O)=O)c1. The second-order valence-corrected chi connectivity index (χ2v) is 9.10. The van der Waals surface area contributed by atoms with Crippen molar-refractivity contribution in [2.24, 2.45) is 0 Å². The Labute approximate surface area is 171 Å². The molecule has 0 aliphatic rings. The molecule has 0 fully saturated rings. The van der Waals surface area contributed by atoms with Gasteiger partial charge < -0.3 is 10.1 Å². The van der Waals surface area contributed by atoms with Gasteiger partial charge in [0.1, 0.15) is 12.3 Å². The summed E-state index contributed by atoms with van der Waals surface area (Å²) in [6.45, 7) is 2.54. The fraction of sp³-hybridized carbons (Fsp3) is 0.350. The number of thioether (sulfide) groups is 1. The van der Waals surface area contributed by atoms with Crippen LogP contribution < -0.4 is 14.4 Å². The molecule has 0 unspecified atom stereocenters. The zero-order valence-electron chi connectivity index (χ0n) is 16.1. The molecule has 1 amide bonds. The Hall–Kier alpha value is -2.19. The van der Waals surface area contributed by atoms with Crippen LogP contribution in [0.3, 0.4) is 0 Å². The van der Waals surface area contributed by atoms with E-state index < -0.39 is 10.0 Å². The standard InChI is InChI=1S/C20H26N2O4S2/c1-3-26-19-11-7-10-18(14-19)22(28(2,24)25)15-20(23)21-12-13-27-16-17-8-5-4-6-9-17/h4-11,14H,3,12-13,15-16H2,1-2H3,(H,21,23). The largest absolute Gasteiger partial charge is 0.494 e. The maximum Gasteiger partial charge on any atom is 0.240 e. The third kappa shape index (κ3) is 7.44. The van der Waals surface area contributed by atoms with Crippen LogP contribution in [0.15, 0.2) is 54.6 Å². The van der Waals surface area contributed by atoms with Gasteiger partial charge in [-0.3, -0.25) is 9.10 Å². The van der Waals surface area contributed by atoms with Crippen molar-refractivity contribution in [2.45, 2.75) is 12.7 Å². The fourth-order valence-electron chi connectivity index (χ4n) is 2.51. The van der Waals surface area contributed by atoms with E-state index in [2.05, 4.69) is 17.4 Å². The third-order valence-electron chi connectivity index (χ3n) is 3.78. The van der Waals surface area contributed by atoms with Gasteiger partial charge >= 0.3 is 0 Å². The Morgan fingerprint density at radius 3 is 2.57 bits per heavy atom. The number of amides is 1. The lowest BCUT2D eigenvalue weighted by Crippen LogP contribution is -2.41. The van der Waals surface area contributed by atoms with E-state index in [0.717, 1.165) is 22.1 Å². The highest BCUT2D eigenvalue weighted by molar-refractivity contribution is 7.98. The van der Waals surface area contributed by atoms with E-state index in [0.29, 0.717) is 24.6 Å². The topological polar surface area (TPSA) is 75.7 Å². The number of carbonyl (C=O) groups excluding carboxylic acids is 1. The molecule has 0 saturated carbocycles. The minimum Gasteiger partial charge on any atom is -0.494 e. The van der Waals surface area contributed by atoms with Gasteiger partial charge in [0.05, 0.1) is 18.6 Å². The Kier molecular flexibility index (Phi) is 8.66. The van der Waals surface area contributed by atoms with Gasteiger partial charge in [0, 0.05) is 24.1 Å². The summed E-state index contributed by atoms with van der Waals surface area (Å²) >= 11 is 1.71. The van der Waals surface area contributed by atoms with E-state index in [-0.39, 0.29) is 12.5 Å². The third-order valence-corrected chi connectivity index (χ3v) is 5.96. The van der Waals surface area contributed by atoms with Crippen molar-refractivity contribution in [1.29, 1.82) is 0 Å². The summed E-state index contributed by atoms with van der Waals surface area (Å²) in [5.41, 5.74) is 1.64. The molecular formula is C20H26N2O4S2. The van der Waals surface area contributed by atoms with Gasteiger partial charge in [-0.05, 0) is 24.6 Å². The van der Waals surface area contributed by atoms with Gasteiger partial charge in [0.15, 0.2) is 0 Å². The Morgan fingerprint density at radius 2 is 1.89 bits per heavy atom. The minimum atomic E-state index is -3.60. The highest BCUT2D eigenvalue weighted by atomic mass is 32.2. The molecule has 0 atom stereocenters. The maximum absolute atomic E-state index is 12.3. The van der Waals surface area contributed by atoms with E-state index in [4.69, 9.17) is 4.74 Å². The summed E-state index contributed by atoms with van der Waals surface area (Å²) in [7, 11) is -3.60. The fourth-order valence-corrected chi connectivity index (χ4v) is 4.18. The first kappa shape index (κ1) is 22.1. The number of hydrogen-bond acceptors (Lipinski definition) is 5. The zero-order valence-corrected chi connectivity index (χ0v) is 17.8. The van der Waals surface area contributed by atoms with Gasteiger partial charge in [0.2, 0.25) is 15.9 Å². The molecule has 6 nitrogen and oxygen atoms in total. The first-order chi connectivity index (χ1) is 13.4. The summed E-state index contributed by atoms with van der Waals surface area (Å²) in [5.74, 6) is 1.84. The molecule has 0 aliphatic carbocycles. The van der Waals surface area contributed by atoms with Crippen LogP contribution in [0.4, 0.5) is 5.69 Å². The van der Waals surface area contributed by atoms with Gasteiger partial charge in [-0.2, -0.15) is 11.8 Å². The molecule has 0 spiro atoms. The average Bonchev–Trinajstić information content (AvgIpc) is 2.66. The number of carbonyl (C=O) groups is 1. The van der Waals surface area contributed by atoms with Crippen molar-refractivity contribution in [1.82, 2.24) is 5.32 Å². The summed E-state index contributed by atoms with van der Waals surface area (Å²) < 4.78 is 30.8. The maximum atomic E-state index is 12.3. The lowest BCUT2D eigenvalue weighted by Gasteiger charge is -2.22. The average molecular weight is 423 g/mol. The van der Waals surface area contributed by atoms with Crippen LogP contribution in [-0.4, -0.2) is 46.0 Å². The summed E-state index contributed by atoms with van der Waals surface area (Å²) in [4.78, 5) is 12.3. The molecule has 28 heavy (non-hydrogen) atoms. The predicted molar refractivity (Wildman–Crippen MR) is 115 cm³/mol. The second-order valence-electron chi connectivity index (χ2n) is 6.09. The van der Waals surface area contributed by atoms with Gasteiger partial charge in [-0.15, -0.1) is 0 Å². The summed E-state index contributed by atoms with van der Waals surface area (Å²) in [5, 5.41) is 2.78. The molecule has 0 aromatic heterocycles. The molecule has 1 N–H and O–H groups in total. The van der Waals surface area contributed by atoms with Crippen LogP contribution in [0.25, 0.3) is 0 Å². The molecule has 0 radical (unpaired) electrons. The van der Waals surface area contributed by atoms with E-state index in [1.54, 1.807) is 36.0 Å². The Morgan fingerprint density at radius 1 is 1.14 bits per heavy atom. The predicted octanol–water partition coefficient (Wildman–Crippen LogP) is 2.90.